The molecule has 2 aromatic heterocycles. The fraction of sp³-hybridized carbons (Fsp3) is 0.318. The normalized spacial score (nSPS) is 11.9. The average molecular weight is 473 g/mol. The van der Waals surface area contributed by atoms with Crippen molar-refractivity contribution in [1.82, 2.24) is 20.3 Å². The molecule has 1 aromatic carbocycles. The van der Waals surface area contributed by atoms with Crippen molar-refractivity contribution in [2.75, 3.05) is 5.73 Å². The highest BCUT2D eigenvalue weighted by molar-refractivity contribution is 5.97. The van der Waals surface area contributed by atoms with Crippen LogP contribution in [-0.2, 0) is 22.4 Å². The first-order valence-corrected chi connectivity index (χ1v) is 10.6. The molecule has 0 radical (unpaired) electrons. The summed E-state index contributed by atoms with van der Waals surface area (Å²) in [6.07, 6.45) is 1.88. The molecule has 0 bridgehead atoms. The molecular formula is C22H24FN5O6. The van der Waals surface area contributed by atoms with Crippen molar-refractivity contribution in [2.24, 2.45) is 0 Å². The highest BCUT2D eigenvalue weighted by atomic mass is 19.1. The SMILES string of the molecule is Nc1nc2[nH]c(CCCCc3ccc(C(=O)N[C@@H](CCC(=O)O)C(=O)O)c(F)c3)cc2c(=O)[nH]1. The van der Waals surface area contributed by atoms with E-state index in [4.69, 9.17) is 15.9 Å². The van der Waals surface area contributed by atoms with E-state index in [2.05, 4.69) is 20.3 Å². The largest absolute Gasteiger partial charge is 0.481 e. The minimum absolute atomic E-state index is 0.0313. The quantitative estimate of drug-likeness (QED) is 0.226. The summed E-state index contributed by atoms with van der Waals surface area (Å²) in [6.45, 7) is 0. The molecule has 3 aromatic rings. The zero-order valence-corrected chi connectivity index (χ0v) is 18.1. The van der Waals surface area contributed by atoms with Crippen molar-refractivity contribution >= 4 is 34.8 Å². The predicted octanol–water partition coefficient (Wildman–Crippen LogP) is 1.59. The van der Waals surface area contributed by atoms with E-state index in [0.717, 1.165) is 12.1 Å². The van der Waals surface area contributed by atoms with Gasteiger partial charge in [-0.3, -0.25) is 19.4 Å². The number of aryl methyl sites for hydroxylation is 2. The van der Waals surface area contributed by atoms with Crippen LogP contribution in [-0.4, -0.2) is 49.1 Å². The maximum atomic E-state index is 14.5. The van der Waals surface area contributed by atoms with E-state index in [-0.39, 0.29) is 23.5 Å². The summed E-state index contributed by atoms with van der Waals surface area (Å²) < 4.78 is 14.5. The van der Waals surface area contributed by atoms with Gasteiger partial charge in [-0.15, -0.1) is 0 Å². The Morgan fingerprint density at radius 3 is 2.53 bits per heavy atom. The first kappa shape index (κ1) is 24.4. The Labute approximate surface area is 192 Å². The van der Waals surface area contributed by atoms with Crippen LogP contribution in [0.5, 0.6) is 0 Å². The molecule has 0 aliphatic carbocycles. The molecule has 0 aliphatic rings. The van der Waals surface area contributed by atoms with E-state index in [1.54, 1.807) is 12.1 Å². The predicted molar refractivity (Wildman–Crippen MR) is 120 cm³/mol. The molecular weight excluding hydrogens is 449 g/mol. The van der Waals surface area contributed by atoms with E-state index in [0.29, 0.717) is 35.9 Å². The molecule has 180 valence electrons. The number of anilines is 1. The van der Waals surface area contributed by atoms with E-state index in [1.165, 1.54) is 12.1 Å². The number of fused-ring (bicyclic) bond motifs is 1. The number of nitrogens with two attached hydrogens (primary N) is 1. The summed E-state index contributed by atoms with van der Waals surface area (Å²) in [6, 6.07) is 4.36. The van der Waals surface area contributed by atoms with Gasteiger partial charge in [0.2, 0.25) is 5.95 Å². The number of nitrogen functional groups attached to an aromatic ring is 1. The summed E-state index contributed by atoms with van der Waals surface area (Å²) in [7, 11) is 0. The molecule has 0 saturated heterocycles. The molecule has 0 fully saturated rings. The van der Waals surface area contributed by atoms with Crippen LogP contribution in [0.15, 0.2) is 29.1 Å². The number of carbonyl (C=O) groups excluding carboxylic acids is 1. The van der Waals surface area contributed by atoms with Crippen LogP contribution in [0.4, 0.5) is 10.3 Å². The number of aromatic nitrogens is 3. The highest BCUT2D eigenvalue weighted by Gasteiger charge is 2.23. The van der Waals surface area contributed by atoms with Crippen LogP contribution in [0.3, 0.4) is 0 Å². The van der Waals surface area contributed by atoms with Gasteiger partial charge >= 0.3 is 11.9 Å². The third-order valence-electron chi connectivity index (χ3n) is 5.26. The van der Waals surface area contributed by atoms with Crippen LogP contribution in [0.2, 0.25) is 0 Å². The van der Waals surface area contributed by atoms with Crippen molar-refractivity contribution in [2.45, 2.75) is 44.6 Å². The summed E-state index contributed by atoms with van der Waals surface area (Å²) in [4.78, 5) is 55.5. The highest BCUT2D eigenvalue weighted by Crippen LogP contribution is 2.16. The van der Waals surface area contributed by atoms with Gasteiger partial charge in [0.25, 0.3) is 11.5 Å². The molecule has 0 unspecified atom stereocenters. The maximum Gasteiger partial charge on any atom is 0.326 e. The van der Waals surface area contributed by atoms with Gasteiger partial charge in [-0.2, -0.15) is 4.98 Å². The number of nitrogens with zero attached hydrogens (tertiary/aromatic N) is 1. The van der Waals surface area contributed by atoms with Crippen LogP contribution in [0, 0.1) is 5.82 Å². The van der Waals surface area contributed by atoms with Gasteiger partial charge in [-0.25, -0.2) is 9.18 Å². The fourth-order valence-corrected chi connectivity index (χ4v) is 3.53. The number of carbonyl (C=O) groups is 3. The summed E-state index contributed by atoms with van der Waals surface area (Å²) in [5.41, 5.74) is 6.80. The number of nitrogens with one attached hydrogen (secondary N) is 3. The molecule has 11 nitrogen and oxygen atoms in total. The Kier molecular flexibility index (Phi) is 7.61. The van der Waals surface area contributed by atoms with E-state index in [1.807, 2.05) is 0 Å². The third-order valence-corrected chi connectivity index (χ3v) is 5.26. The molecule has 0 saturated carbocycles. The number of hydrogen-bond acceptors (Lipinski definition) is 6. The molecule has 7 N–H and O–H groups in total. The molecule has 0 aliphatic heterocycles. The van der Waals surface area contributed by atoms with Crippen LogP contribution < -0.4 is 16.6 Å². The number of carboxylic acids is 2. The number of halogens is 1. The Morgan fingerprint density at radius 2 is 1.85 bits per heavy atom. The van der Waals surface area contributed by atoms with Crippen molar-refractivity contribution in [3.05, 3.63) is 57.3 Å². The zero-order valence-electron chi connectivity index (χ0n) is 18.1. The lowest BCUT2D eigenvalue weighted by Crippen LogP contribution is -2.41. The smallest absolute Gasteiger partial charge is 0.326 e. The summed E-state index contributed by atoms with van der Waals surface area (Å²) in [5.74, 6) is -4.29. The maximum absolute atomic E-state index is 14.5. The van der Waals surface area contributed by atoms with Crippen molar-refractivity contribution in [3.8, 4) is 0 Å². The van der Waals surface area contributed by atoms with E-state index >= 15 is 0 Å². The molecule has 1 amide bonds. The van der Waals surface area contributed by atoms with Gasteiger partial charge in [0.1, 0.15) is 17.5 Å². The van der Waals surface area contributed by atoms with Gasteiger partial charge in [0, 0.05) is 12.1 Å². The number of unbranched alkanes of at least 4 members (excludes halogenated alkanes) is 1. The number of amides is 1. The molecule has 2 heterocycles. The number of benzene rings is 1. The zero-order chi connectivity index (χ0) is 24.8. The van der Waals surface area contributed by atoms with E-state index in [9.17, 15) is 23.6 Å². The second kappa shape index (κ2) is 10.6. The second-order valence-electron chi connectivity index (χ2n) is 7.83. The second-order valence-corrected chi connectivity index (χ2v) is 7.83. The number of H-pyrrole nitrogens is 2. The number of carboxylic acid groups (broad SMARTS) is 2. The van der Waals surface area contributed by atoms with Crippen molar-refractivity contribution in [3.63, 3.8) is 0 Å². The summed E-state index contributed by atoms with van der Waals surface area (Å²) in [5, 5.41) is 20.4. The van der Waals surface area contributed by atoms with Gasteiger partial charge in [0.15, 0.2) is 0 Å². The van der Waals surface area contributed by atoms with Gasteiger partial charge in [-0.1, -0.05) is 6.07 Å². The Bertz CT molecular complexity index is 1280. The molecule has 1 atom stereocenters. The standard InChI is InChI=1S/C22H24FN5O6/c23-15-9-11(5-6-13(15)19(31)26-16(21(33)34)7-8-17(29)30)3-1-2-4-12-10-14-18(25-12)27-22(24)28-20(14)32/h5-6,9-10,16H,1-4,7-8H2,(H,26,31)(H,29,30)(H,33,34)(H4,24,25,27,28,32)/t16-/m0/s1. The lowest BCUT2D eigenvalue weighted by Gasteiger charge is -2.14. The minimum atomic E-state index is -1.44. The monoisotopic (exact) mass is 473 g/mol. The topological polar surface area (TPSA) is 191 Å². The lowest BCUT2D eigenvalue weighted by atomic mass is 10.0. The summed E-state index contributed by atoms with van der Waals surface area (Å²) >= 11 is 0. The number of aliphatic carboxylic acids is 2. The molecule has 12 heteroatoms. The van der Waals surface area contributed by atoms with Crippen LogP contribution in [0.1, 0.15) is 47.3 Å². The molecule has 3 rings (SSSR count). The fourth-order valence-electron chi connectivity index (χ4n) is 3.53. The van der Waals surface area contributed by atoms with Crippen molar-refractivity contribution in [1.29, 1.82) is 0 Å². The Morgan fingerprint density at radius 1 is 1.12 bits per heavy atom. The lowest BCUT2D eigenvalue weighted by molar-refractivity contribution is -0.140. The van der Waals surface area contributed by atoms with E-state index < -0.39 is 36.1 Å². The minimum Gasteiger partial charge on any atom is -0.481 e. The molecule has 0 spiro atoms. The van der Waals surface area contributed by atoms with Crippen LogP contribution >= 0.6 is 0 Å². The van der Waals surface area contributed by atoms with Gasteiger partial charge in [0.05, 0.1) is 10.9 Å². The van der Waals surface area contributed by atoms with Crippen LogP contribution in [0.25, 0.3) is 11.0 Å². The Balaban J connectivity index is 1.54. The number of hydrogen-bond donors (Lipinski definition) is 6. The van der Waals surface area contributed by atoms with Gasteiger partial charge < -0.3 is 26.2 Å². The Hall–Kier alpha value is -4.22. The van der Waals surface area contributed by atoms with Crippen molar-refractivity contribution < 1.29 is 29.0 Å². The number of aromatic amines is 2. The van der Waals surface area contributed by atoms with Gasteiger partial charge in [-0.05, 0) is 55.9 Å². The molecule has 34 heavy (non-hydrogen) atoms. The first-order chi connectivity index (χ1) is 16.1. The third kappa shape index (κ3) is 6.18. The first-order valence-electron chi connectivity index (χ1n) is 10.6. The number of rotatable bonds is 11. The average Bonchev–Trinajstić information content (AvgIpc) is 3.17.